The van der Waals surface area contributed by atoms with Crippen LogP contribution in [0.4, 0.5) is 5.69 Å². The van der Waals surface area contributed by atoms with Gasteiger partial charge in [0, 0.05) is 35.3 Å². The molecule has 28 heavy (non-hydrogen) atoms. The predicted molar refractivity (Wildman–Crippen MR) is 115 cm³/mol. The maximum absolute atomic E-state index is 12.4. The van der Waals surface area contributed by atoms with Gasteiger partial charge < -0.3 is 15.7 Å². The highest BCUT2D eigenvalue weighted by molar-refractivity contribution is 7.99. The highest BCUT2D eigenvalue weighted by atomic mass is 35.5. The lowest BCUT2D eigenvalue weighted by molar-refractivity contribution is -0.119. The SMILES string of the molecule is CC(c1cc(Cl)ccc1N1CCSCC1)C(C(N)=O)c1ccc(C(=O)O)cc1. The number of carboxylic acid groups (broad SMARTS) is 1. The predicted octanol–water partition coefficient (Wildman–Crippen LogP) is 3.96. The van der Waals surface area contributed by atoms with Gasteiger partial charge in [-0.15, -0.1) is 0 Å². The van der Waals surface area contributed by atoms with E-state index in [9.17, 15) is 9.59 Å². The number of nitrogens with zero attached hydrogens (tertiary/aromatic N) is 1. The van der Waals surface area contributed by atoms with Crippen molar-refractivity contribution in [1.82, 2.24) is 0 Å². The molecule has 1 aliphatic heterocycles. The number of hydrogen-bond donors (Lipinski definition) is 2. The molecule has 0 spiro atoms. The third kappa shape index (κ3) is 4.45. The molecule has 148 valence electrons. The van der Waals surface area contributed by atoms with E-state index < -0.39 is 17.8 Å². The Bertz CT molecular complexity index is 866. The summed E-state index contributed by atoms with van der Waals surface area (Å²) in [5, 5.41) is 9.72. The first-order chi connectivity index (χ1) is 13.4. The van der Waals surface area contributed by atoms with Crippen molar-refractivity contribution in [2.75, 3.05) is 29.5 Å². The molecule has 7 heteroatoms. The summed E-state index contributed by atoms with van der Waals surface area (Å²) >= 11 is 8.21. The second-order valence-corrected chi connectivity index (χ2v) is 8.56. The molecule has 0 aliphatic carbocycles. The molecule has 2 aromatic rings. The third-order valence-electron chi connectivity index (χ3n) is 5.16. The highest BCUT2D eigenvalue weighted by Crippen LogP contribution is 2.39. The molecule has 0 radical (unpaired) electrons. The average molecular weight is 419 g/mol. The number of carbonyl (C=O) groups is 2. The number of carbonyl (C=O) groups excluding carboxylic acids is 1. The van der Waals surface area contributed by atoms with Crippen molar-refractivity contribution >= 4 is 40.9 Å². The standard InChI is InChI=1S/C21H23ClN2O3S/c1-13(19(20(23)25)14-2-4-15(5-3-14)21(26)27)17-12-16(22)6-7-18(17)24-8-10-28-11-9-24/h2-7,12-13,19H,8-11H2,1H3,(H2,23,25)(H,26,27). The van der Waals surface area contributed by atoms with Crippen LogP contribution in [-0.2, 0) is 4.79 Å². The first-order valence-electron chi connectivity index (χ1n) is 9.13. The highest BCUT2D eigenvalue weighted by Gasteiger charge is 2.29. The van der Waals surface area contributed by atoms with Gasteiger partial charge >= 0.3 is 5.97 Å². The van der Waals surface area contributed by atoms with Gasteiger partial charge in [0.25, 0.3) is 0 Å². The number of rotatable bonds is 6. The van der Waals surface area contributed by atoms with Gasteiger partial charge in [-0.3, -0.25) is 4.79 Å². The van der Waals surface area contributed by atoms with Crippen LogP contribution in [-0.4, -0.2) is 41.6 Å². The van der Waals surface area contributed by atoms with Crippen LogP contribution in [0.15, 0.2) is 42.5 Å². The van der Waals surface area contributed by atoms with Gasteiger partial charge in [0.1, 0.15) is 0 Å². The van der Waals surface area contributed by atoms with Crippen molar-refractivity contribution in [1.29, 1.82) is 0 Å². The number of carboxylic acids is 1. The van der Waals surface area contributed by atoms with E-state index in [-0.39, 0.29) is 11.5 Å². The van der Waals surface area contributed by atoms with Crippen LogP contribution in [0.5, 0.6) is 0 Å². The van der Waals surface area contributed by atoms with Crippen molar-refractivity contribution in [3.63, 3.8) is 0 Å². The summed E-state index contributed by atoms with van der Waals surface area (Å²) in [7, 11) is 0. The normalized spacial score (nSPS) is 16.4. The summed E-state index contributed by atoms with van der Waals surface area (Å²) in [5.41, 5.74) is 8.69. The van der Waals surface area contributed by atoms with E-state index in [1.807, 2.05) is 36.9 Å². The molecular formula is C21H23ClN2O3S. The number of halogens is 1. The molecule has 3 N–H and O–H groups in total. The lowest BCUT2D eigenvalue weighted by Crippen LogP contribution is -2.34. The number of primary amides is 1. The van der Waals surface area contributed by atoms with Gasteiger partial charge in [0.15, 0.2) is 0 Å². The van der Waals surface area contributed by atoms with E-state index in [0.717, 1.165) is 35.8 Å². The van der Waals surface area contributed by atoms with Crippen molar-refractivity contribution in [2.45, 2.75) is 18.8 Å². The topological polar surface area (TPSA) is 83.6 Å². The maximum Gasteiger partial charge on any atom is 0.335 e. The molecule has 5 nitrogen and oxygen atoms in total. The number of aromatic carboxylic acids is 1. The summed E-state index contributed by atoms with van der Waals surface area (Å²) in [6.07, 6.45) is 0. The number of anilines is 1. The third-order valence-corrected chi connectivity index (χ3v) is 6.33. The minimum Gasteiger partial charge on any atom is -0.478 e. The molecular weight excluding hydrogens is 396 g/mol. The molecule has 2 atom stereocenters. The van der Waals surface area contributed by atoms with E-state index in [4.69, 9.17) is 22.4 Å². The van der Waals surface area contributed by atoms with Crippen LogP contribution in [0.3, 0.4) is 0 Å². The molecule has 2 aromatic carbocycles. The molecule has 3 rings (SSSR count). The summed E-state index contributed by atoms with van der Waals surface area (Å²) in [6.45, 7) is 3.86. The summed E-state index contributed by atoms with van der Waals surface area (Å²) in [5.74, 6) is -0.125. The van der Waals surface area contributed by atoms with E-state index in [1.54, 1.807) is 12.1 Å². The Morgan fingerprint density at radius 2 is 1.79 bits per heavy atom. The Morgan fingerprint density at radius 3 is 2.36 bits per heavy atom. The van der Waals surface area contributed by atoms with E-state index in [0.29, 0.717) is 10.6 Å². The monoisotopic (exact) mass is 418 g/mol. The van der Waals surface area contributed by atoms with E-state index in [2.05, 4.69) is 4.90 Å². The fraction of sp³-hybridized carbons (Fsp3) is 0.333. The van der Waals surface area contributed by atoms with Gasteiger partial charge in [-0.1, -0.05) is 30.7 Å². The molecule has 0 aromatic heterocycles. The zero-order valence-electron chi connectivity index (χ0n) is 15.6. The fourth-order valence-electron chi connectivity index (χ4n) is 3.69. The minimum absolute atomic E-state index is 0.175. The Labute approximate surface area is 173 Å². The number of amides is 1. The summed E-state index contributed by atoms with van der Waals surface area (Å²) in [6, 6.07) is 12.1. The van der Waals surface area contributed by atoms with E-state index >= 15 is 0 Å². The van der Waals surface area contributed by atoms with Gasteiger partial charge in [-0.2, -0.15) is 11.8 Å². The van der Waals surface area contributed by atoms with Crippen molar-refractivity contribution in [3.8, 4) is 0 Å². The second kappa shape index (κ2) is 8.88. The van der Waals surface area contributed by atoms with E-state index in [1.165, 1.54) is 12.1 Å². The molecule has 1 aliphatic rings. The molecule has 0 saturated carbocycles. The van der Waals surface area contributed by atoms with Crippen LogP contribution >= 0.6 is 23.4 Å². The Morgan fingerprint density at radius 1 is 1.14 bits per heavy atom. The lowest BCUT2D eigenvalue weighted by atomic mass is 9.81. The Balaban J connectivity index is 1.99. The van der Waals surface area contributed by atoms with Crippen molar-refractivity contribution in [3.05, 3.63) is 64.2 Å². The summed E-state index contributed by atoms with van der Waals surface area (Å²) < 4.78 is 0. The minimum atomic E-state index is -1.00. The average Bonchev–Trinajstić information content (AvgIpc) is 2.68. The largest absolute Gasteiger partial charge is 0.478 e. The van der Waals surface area contributed by atoms with Gasteiger partial charge in [0.05, 0.1) is 11.5 Å². The molecule has 1 fully saturated rings. The molecule has 1 amide bonds. The number of nitrogens with two attached hydrogens (primary N) is 1. The van der Waals surface area contributed by atoms with Crippen molar-refractivity contribution < 1.29 is 14.7 Å². The van der Waals surface area contributed by atoms with Gasteiger partial charge in [-0.05, 0) is 47.4 Å². The lowest BCUT2D eigenvalue weighted by Gasteiger charge is -2.33. The number of thioether (sulfide) groups is 1. The van der Waals surface area contributed by atoms with Crippen LogP contribution < -0.4 is 10.6 Å². The molecule has 0 bridgehead atoms. The zero-order valence-corrected chi connectivity index (χ0v) is 17.2. The van der Waals surface area contributed by atoms with Gasteiger partial charge in [0.2, 0.25) is 5.91 Å². The molecule has 1 saturated heterocycles. The maximum atomic E-state index is 12.4. The van der Waals surface area contributed by atoms with Crippen LogP contribution in [0.2, 0.25) is 5.02 Å². The van der Waals surface area contributed by atoms with Crippen LogP contribution in [0.25, 0.3) is 0 Å². The quantitative estimate of drug-likeness (QED) is 0.741. The second-order valence-electron chi connectivity index (χ2n) is 6.90. The zero-order chi connectivity index (χ0) is 20.3. The smallest absolute Gasteiger partial charge is 0.335 e. The Hall–Kier alpha value is -2.18. The van der Waals surface area contributed by atoms with Crippen LogP contribution in [0.1, 0.15) is 40.2 Å². The van der Waals surface area contributed by atoms with Crippen LogP contribution in [0, 0.1) is 0 Å². The Kier molecular flexibility index (Phi) is 6.52. The molecule has 1 heterocycles. The summed E-state index contributed by atoms with van der Waals surface area (Å²) in [4.78, 5) is 25.8. The van der Waals surface area contributed by atoms with Gasteiger partial charge in [-0.25, -0.2) is 4.79 Å². The number of benzene rings is 2. The number of hydrogen-bond acceptors (Lipinski definition) is 4. The first kappa shape index (κ1) is 20.6. The molecule has 2 unspecified atom stereocenters. The first-order valence-corrected chi connectivity index (χ1v) is 10.7. The fourth-order valence-corrected chi connectivity index (χ4v) is 4.78. The van der Waals surface area contributed by atoms with Crippen molar-refractivity contribution in [2.24, 2.45) is 5.73 Å².